The highest BCUT2D eigenvalue weighted by atomic mass is 35.5. The van der Waals surface area contributed by atoms with Gasteiger partial charge in [0.25, 0.3) is 5.91 Å². The van der Waals surface area contributed by atoms with Crippen molar-refractivity contribution in [2.75, 3.05) is 36.8 Å². The van der Waals surface area contributed by atoms with Crippen molar-refractivity contribution in [1.82, 2.24) is 29.7 Å². The molecular weight excluding hydrogens is 639 g/mol. The smallest absolute Gasteiger partial charge is 0.257 e. The van der Waals surface area contributed by atoms with Crippen molar-refractivity contribution in [3.05, 3.63) is 93.0 Å². The predicted octanol–water partition coefficient (Wildman–Crippen LogP) is 7.16. The summed E-state index contributed by atoms with van der Waals surface area (Å²) >= 11 is 20.1. The second-order valence-electron chi connectivity index (χ2n) is 8.93. The van der Waals surface area contributed by atoms with Gasteiger partial charge in [-0.2, -0.15) is 0 Å². The Balaban J connectivity index is 0.000000199. The van der Waals surface area contributed by atoms with Crippen LogP contribution in [0.25, 0.3) is 0 Å². The molecule has 42 heavy (non-hydrogen) atoms. The van der Waals surface area contributed by atoms with E-state index in [-0.39, 0.29) is 5.91 Å². The summed E-state index contributed by atoms with van der Waals surface area (Å²) in [7, 11) is 0. The first kappa shape index (κ1) is 30.2. The molecule has 6 heterocycles. The lowest BCUT2D eigenvalue weighted by Gasteiger charge is -2.34. The summed E-state index contributed by atoms with van der Waals surface area (Å²) in [4.78, 5) is 33.7. The van der Waals surface area contributed by atoms with Crippen LogP contribution in [-0.2, 0) is 12.4 Å². The fourth-order valence-electron chi connectivity index (χ4n) is 4.01. The number of nitrogens with one attached hydrogen (secondary N) is 2. The Kier molecular flexibility index (Phi) is 10.6. The number of rotatable bonds is 8. The molecule has 6 rings (SSSR count). The minimum absolute atomic E-state index is 0.0230. The number of carbonyl (C=O) groups excluding carboxylic acids is 1. The molecule has 218 valence electrons. The van der Waals surface area contributed by atoms with Gasteiger partial charge in [-0.25, -0.2) is 19.9 Å². The zero-order chi connectivity index (χ0) is 29.3. The first-order valence-corrected chi connectivity index (χ1v) is 15.7. The molecule has 1 amide bonds. The van der Waals surface area contributed by atoms with E-state index in [9.17, 15) is 4.79 Å². The molecule has 0 aromatic carbocycles. The number of amides is 1. The number of halogens is 3. The number of carbonyl (C=O) groups is 1. The number of furan rings is 1. The van der Waals surface area contributed by atoms with E-state index in [1.54, 1.807) is 18.5 Å². The second-order valence-corrected chi connectivity index (χ2v) is 12.5. The Labute approximate surface area is 265 Å². The molecule has 0 aliphatic carbocycles. The molecule has 5 aromatic heterocycles. The highest BCUT2D eigenvalue weighted by Gasteiger charge is 2.23. The molecule has 0 saturated carbocycles. The third kappa shape index (κ3) is 8.63. The highest BCUT2D eigenvalue weighted by Crippen LogP contribution is 2.26. The van der Waals surface area contributed by atoms with Crippen LogP contribution in [-0.4, -0.2) is 61.8 Å². The largest absolute Gasteiger partial charge is 0.472 e. The first-order valence-electron chi connectivity index (χ1n) is 12.7. The molecular formula is C27H25Cl3N8O2S2. The molecule has 1 aliphatic rings. The number of nitrogens with zero attached hydrogens (tertiary/aromatic N) is 6. The fraction of sp³-hybridized carbons (Fsp3) is 0.222. The number of piperazine rings is 1. The number of hydrogen-bond donors (Lipinski definition) is 2. The van der Waals surface area contributed by atoms with E-state index in [0.29, 0.717) is 33.2 Å². The van der Waals surface area contributed by atoms with Crippen molar-refractivity contribution < 1.29 is 9.21 Å². The lowest BCUT2D eigenvalue weighted by atomic mass is 10.2. The Hall–Kier alpha value is -3.26. The van der Waals surface area contributed by atoms with Crippen LogP contribution in [0.5, 0.6) is 0 Å². The molecule has 5 aromatic rings. The standard InChI is InChI=1S/C18H18ClN5O2S.C9H7Cl2N3S/c19-15-10-20-18(27-15)22-16-3-1-2-14(21-16)11-23-5-7-24(8-6-23)17(25)13-4-9-26-12-13;10-4-6-2-1-3-8(13-6)14-9-12-5-7(11)15-9/h1-4,9-10,12H,5-8,11H2,(H,20,21,22);1-3,5H,4H2,(H,12,13,14). The number of anilines is 4. The van der Waals surface area contributed by atoms with Crippen molar-refractivity contribution in [3.8, 4) is 0 Å². The third-order valence-corrected chi connectivity index (χ3v) is 8.32. The van der Waals surface area contributed by atoms with Crippen LogP contribution < -0.4 is 10.6 Å². The molecule has 2 N–H and O–H groups in total. The van der Waals surface area contributed by atoms with Crippen molar-refractivity contribution in [1.29, 1.82) is 0 Å². The Morgan fingerprint density at radius 3 is 1.98 bits per heavy atom. The Bertz CT molecular complexity index is 1590. The van der Waals surface area contributed by atoms with Crippen molar-refractivity contribution in [2.24, 2.45) is 0 Å². The summed E-state index contributed by atoms with van der Waals surface area (Å²) in [6, 6.07) is 13.2. The number of thiazole rings is 2. The molecule has 0 atom stereocenters. The van der Waals surface area contributed by atoms with E-state index in [0.717, 1.165) is 52.9 Å². The van der Waals surface area contributed by atoms with Gasteiger partial charge >= 0.3 is 0 Å². The maximum atomic E-state index is 12.4. The van der Waals surface area contributed by atoms with Crippen LogP contribution in [0.1, 0.15) is 21.7 Å². The average molecular weight is 664 g/mol. The summed E-state index contributed by atoms with van der Waals surface area (Å²) in [5, 5.41) is 7.66. The van der Waals surface area contributed by atoms with Crippen molar-refractivity contribution >= 4 is 85.3 Å². The maximum Gasteiger partial charge on any atom is 0.257 e. The molecule has 1 aliphatic heterocycles. The zero-order valence-electron chi connectivity index (χ0n) is 22.0. The number of aromatic nitrogens is 4. The lowest BCUT2D eigenvalue weighted by molar-refractivity contribution is 0.0626. The normalized spacial score (nSPS) is 13.4. The van der Waals surface area contributed by atoms with Crippen LogP contribution in [0.2, 0.25) is 8.67 Å². The summed E-state index contributed by atoms with van der Waals surface area (Å²) in [6.45, 7) is 3.75. The summed E-state index contributed by atoms with van der Waals surface area (Å²) in [6.07, 6.45) is 6.23. The van der Waals surface area contributed by atoms with Gasteiger partial charge in [-0.3, -0.25) is 9.69 Å². The SMILES string of the molecule is ClCc1cccc(Nc2ncc(Cl)s2)n1.O=C(c1ccoc1)N1CCN(Cc2cccc(Nc3ncc(Cl)s3)n2)CC1. The van der Waals surface area contributed by atoms with Gasteiger partial charge in [0.05, 0.1) is 41.5 Å². The summed E-state index contributed by atoms with van der Waals surface area (Å²) < 4.78 is 6.28. The molecule has 0 bridgehead atoms. The van der Waals surface area contributed by atoms with Crippen molar-refractivity contribution in [2.45, 2.75) is 12.4 Å². The van der Waals surface area contributed by atoms with Gasteiger partial charge in [-0.15, -0.1) is 11.6 Å². The van der Waals surface area contributed by atoms with Gasteiger partial charge < -0.3 is 20.0 Å². The molecule has 1 saturated heterocycles. The van der Waals surface area contributed by atoms with E-state index >= 15 is 0 Å². The Morgan fingerprint density at radius 2 is 1.45 bits per heavy atom. The van der Waals surface area contributed by atoms with Gasteiger partial charge in [0, 0.05) is 32.7 Å². The molecule has 0 unspecified atom stereocenters. The number of alkyl halides is 1. The number of pyridine rings is 2. The van der Waals surface area contributed by atoms with Crippen molar-refractivity contribution in [3.63, 3.8) is 0 Å². The van der Waals surface area contributed by atoms with E-state index < -0.39 is 0 Å². The highest BCUT2D eigenvalue weighted by molar-refractivity contribution is 7.19. The molecule has 1 fully saturated rings. The van der Waals surface area contributed by atoms with Crippen LogP contribution in [0.3, 0.4) is 0 Å². The first-order chi connectivity index (χ1) is 20.4. The third-order valence-electron chi connectivity index (χ3n) is 5.99. The van der Waals surface area contributed by atoms with Gasteiger partial charge in [0.15, 0.2) is 10.3 Å². The van der Waals surface area contributed by atoms with E-state index in [1.807, 2.05) is 41.3 Å². The summed E-state index contributed by atoms with van der Waals surface area (Å²) in [5.41, 5.74) is 2.40. The van der Waals surface area contributed by atoms with Crippen LogP contribution >= 0.6 is 57.5 Å². The van der Waals surface area contributed by atoms with E-state index in [4.69, 9.17) is 39.2 Å². The van der Waals surface area contributed by atoms with Gasteiger partial charge in [-0.1, -0.05) is 58.0 Å². The average Bonchev–Trinajstić information content (AvgIpc) is 3.77. The monoisotopic (exact) mass is 662 g/mol. The van der Waals surface area contributed by atoms with E-state index in [2.05, 4.69) is 35.5 Å². The topological polar surface area (TPSA) is 112 Å². The summed E-state index contributed by atoms with van der Waals surface area (Å²) in [5.74, 6) is 1.88. The molecule has 0 radical (unpaired) electrons. The predicted molar refractivity (Wildman–Crippen MR) is 169 cm³/mol. The lowest BCUT2D eigenvalue weighted by Crippen LogP contribution is -2.48. The fourth-order valence-corrected chi connectivity index (χ4v) is 5.80. The van der Waals surface area contributed by atoms with Crippen LogP contribution in [0, 0.1) is 0 Å². The number of hydrogen-bond acceptors (Lipinski definition) is 11. The minimum Gasteiger partial charge on any atom is -0.472 e. The molecule has 10 nitrogen and oxygen atoms in total. The molecule has 15 heteroatoms. The van der Waals surface area contributed by atoms with Crippen LogP contribution in [0.15, 0.2) is 71.8 Å². The molecule has 0 spiro atoms. The second kappa shape index (κ2) is 14.8. The van der Waals surface area contributed by atoms with Gasteiger partial charge in [0.1, 0.15) is 26.6 Å². The van der Waals surface area contributed by atoms with Gasteiger partial charge in [0.2, 0.25) is 0 Å². The van der Waals surface area contributed by atoms with Crippen LogP contribution in [0.4, 0.5) is 21.9 Å². The minimum atomic E-state index is 0.0230. The quantitative estimate of drug-likeness (QED) is 0.167. The zero-order valence-corrected chi connectivity index (χ0v) is 25.9. The maximum absolute atomic E-state index is 12.4. The van der Waals surface area contributed by atoms with Gasteiger partial charge in [-0.05, 0) is 30.3 Å². The van der Waals surface area contributed by atoms with E-state index in [1.165, 1.54) is 35.2 Å². The Morgan fingerprint density at radius 1 is 0.857 bits per heavy atom.